The van der Waals surface area contributed by atoms with Crippen molar-refractivity contribution in [1.82, 2.24) is 9.80 Å². The van der Waals surface area contributed by atoms with Gasteiger partial charge in [-0.25, -0.2) is 0 Å². The summed E-state index contributed by atoms with van der Waals surface area (Å²) in [7, 11) is 0. The Balaban J connectivity index is 1.63. The van der Waals surface area contributed by atoms with E-state index in [9.17, 15) is 4.79 Å². The van der Waals surface area contributed by atoms with Crippen LogP contribution in [0.1, 0.15) is 38.3 Å². The van der Waals surface area contributed by atoms with E-state index >= 15 is 0 Å². The van der Waals surface area contributed by atoms with Gasteiger partial charge in [0.1, 0.15) is 0 Å². The third-order valence-electron chi connectivity index (χ3n) is 4.66. The third kappa shape index (κ3) is 3.50. The molecule has 3 unspecified atom stereocenters. The first-order chi connectivity index (χ1) is 10.6. The number of carbonyl (C=O) groups excluding carboxylic acids is 1. The van der Waals surface area contributed by atoms with Crippen molar-refractivity contribution in [3.05, 3.63) is 35.9 Å². The minimum atomic E-state index is 0.135. The van der Waals surface area contributed by atoms with Crippen LogP contribution in [0.4, 0.5) is 0 Å². The molecule has 1 aromatic rings. The first kappa shape index (κ1) is 15.5. The van der Waals surface area contributed by atoms with Crippen LogP contribution in [-0.2, 0) is 9.53 Å². The van der Waals surface area contributed by atoms with Gasteiger partial charge in [0.15, 0.2) is 0 Å². The first-order valence-corrected chi connectivity index (χ1v) is 8.35. The van der Waals surface area contributed by atoms with E-state index in [1.807, 2.05) is 24.8 Å². The van der Waals surface area contributed by atoms with Crippen LogP contribution < -0.4 is 0 Å². The molecule has 0 N–H and O–H groups in total. The van der Waals surface area contributed by atoms with Crippen LogP contribution in [0.2, 0.25) is 0 Å². The standard InChI is InChI=1S/C18H26N2O2/c1-14-11-20(12-15(2)22-14)18(21)13-19-10-6-9-17(19)16-7-4-3-5-8-16/h3-5,7-8,14-15,17H,6,9-13H2,1-2H3. The molecule has 2 heterocycles. The number of rotatable bonds is 3. The molecule has 3 rings (SSSR count). The quantitative estimate of drug-likeness (QED) is 0.860. The zero-order valence-corrected chi connectivity index (χ0v) is 13.6. The van der Waals surface area contributed by atoms with Gasteiger partial charge >= 0.3 is 0 Å². The Labute approximate surface area is 133 Å². The van der Waals surface area contributed by atoms with Gasteiger partial charge in [0.2, 0.25) is 5.91 Å². The molecule has 2 fully saturated rings. The van der Waals surface area contributed by atoms with Crippen molar-refractivity contribution >= 4 is 5.91 Å². The van der Waals surface area contributed by atoms with E-state index in [0.717, 1.165) is 13.0 Å². The smallest absolute Gasteiger partial charge is 0.236 e. The zero-order chi connectivity index (χ0) is 15.5. The van der Waals surface area contributed by atoms with Crippen LogP contribution in [0.15, 0.2) is 30.3 Å². The van der Waals surface area contributed by atoms with Crippen molar-refractivity contribution in [3.63, 3.8) is 0 Å². The van der Waals surface area contributed by atoms with Gasteiger partial charge in [-0.05, 0) is 38.8 Å². The lowest BCUT2D eigenvalue weighted by atomic mass is 10.0. The molecule has 2 aliphatic heterocycles. The lowest BCUT2D eigenvalue weighted by molar-refractivity contribution is -0.144. The Morgan fingerprint density at radius 1 is 1.18 bits per heavy atom. The SMILES string of the molecule is CC1CN(C(=O)CN2CCCC2c2ccccc2)CC(C)O1. The van der Waals surface area contributed by atoms with E-state index in [1.54, 1.807) is 0 Å². The van der Waals surface area contributed by atoms with Gasteiger partial charge in [0.25, 0.3) is 0 Å². The second-order valence-corrected chi connectivity index (χ2v) is 6.60. The molecule has 1 aromatic carbocycles. The molecule has 0 bridgehead atoms. The Kier molecular flexibility index (Phi) is 4.79. The zero-order valence-electron chi connectivity index (χ0n) is 13.6. The van der Waals surface area contributed by atoms with Crippen LogP contribution in [0.3, 0.4) is 0 Å². The van der Waals surface area contributed by atoms with Crippen molar-refractivity contribution < 1.29 is 9.53 Å². The summed E-state index contributed by atoms with van der Waals surface area (Å²) in [6, 6.07) is 10.9. The number of nitrogens with zero attached hydrogens (tertiary/aromatic N) is 2. The molecule has 2 aliphatic rings. The van der Waals surface area contributed by atoms with Crippen LogP contribution in [0, 0.1) is 0 Å². The molecule has 120 valence electrons. The minimum Gasteiger partial charge on any atom is -0.372 e. The van der Waals surface area contributed by atoms with Crippen molar-refractivity contribution in [2.24, 2.45) is 0 Å². The van der Waals surface area contributed by atoms with Crippen LogP contribution in [-0.4, -0.2) is 54.1 Å². The summed E-state index contributed by atoms with van der Waals surface area (Å²) < 4.78 is 5.72. The molecular weight excluding hydrogens is 276 g/mol. The van der Waals surface area contributed by atoms with Crippen LogP contribution in [0.5, 0.6) is 0 Å². The van der Waals surface area contributed by atoms with E-state index in [0.29, 0.717) is 25.7 Å². The summed E-state index contributed by atoms with van der Waals surface area (Å²) in [6.45, 7) is 7.05. The number of morpholine rings is 1. The fraction of sp³-hybridized carbons (Fsp3) is 0.611. The molecule has 0 aliphatic carbocycles. The molecule has 0 spiro atoms. The monoisotopic (exact) mass is 302 g/mol. The first-order valence-electron chi connectivity index (χ1n) is 8.35. The molecule has 0 aromatic heterocycles. The highest BCUT2D eigenvalue weighted by Crippen LogP contribution is 2.31. The van der Waals surface area contributed by atoms with Crippen molar-refractivity contribution in [1.29, 1.82) is 0 Å². The highest BCUT2D eigenvalue weighted by Gasteiger charge is 2.31. The second kappa shape index (κ2) is 6.80. The van der Waals surface area contributed by atoms with Crippen molar-refractivity contribution in [2.45, 2.75) is 44.9 Å². The van der Waals surface area contributed by atoms with E-state index in [4.69, 9.17) is 4.74 Å². The Morgan fingerprint density at radius 2 is 1.86 bits per heavy atom. The average molecular weight is 302 g/mol. The van der Waals surface area contributed by atoms with E-state index < -0.39 is 0 Å². The number of hydrogen-bond acceptors (Lipinski definition) is 3. The summed E-state index contributed by atoms with van der Waals surface area (Å²) >= 11 is 0. The molecule has 3 atom stereocenters. The van der Waals surface area contributed by atoms with E-state index in [2.05, 4.69) is 29.2 Å². The number of hydrogen-bond donors (Lipinski definition) is 0. The van der Waals surface area contributed by atoms with Gasteiger partial charge in [-0.15, -0.1) is 0 Å². The number of likely N-dealkylation sites (tertiary alicyclic amines) is 1. The molecular formula is C18H26N2O2. The van der Waals surface area contributed by atoms with Crippen LogP contribution >= 0.6 is 0 Å². The van der Waals surface area contributed by atoms with Gasteiger partial charge in [-0.2, -0.15) is 0 Å². The lowest BCUT2D eigenvalue weighted by Gasteiger charge is -2.36. The van der Waals surface area contributed by atoms with Gasteiger partial charge < -0.3 is 9.64 Å². The number of ether oxygens (including phenoxy) is 1. The van der Waals surface area contributed by atoms with Gasteiger partial charge in [0.05, 0.1) is 18.8 Å². The fourth-order valence-corrected chi connectivity index (χ4v) is 3.72. The van der Waals surface area contributed by atoms with E-state index in [1.165, 1.54) is 12.0 Å². The molecule has 0 saturated carbocycles. The predicted molar refractivity (Wildman–Crippen MR) is 86.6 cm³/mol. The summed E-state index contributed by atoms with van der Waals surface area (Å²) in [5.41, 5.74) is 1.33. The Bertz CT molecular complexity index is 495. The number of amides is 1. The average Bonchev–Trinajstić information content (AvgIpc) is 2.95. The third-order valence-corrected chi connectivity index (χ3v) is 4.66. The molecule has 1 amide bonds. The van der Waals surface area contributed by atoms with Crippen LogP contribution in [0.25, 0.3) is 0 Å². The Morgan fingerprint density at radius 3 is 2.55 bits per heavy atom. The lowest BCUT2D eigenvalue weighted by Crippen LogP contribution is -2.51. The van der Waals surface area contributed by atoms with Gasteiger partial charge in [-0.3, -0.25) is 9.69 Å². The molecule has 4 nitrogen and oxygen atoms in total. The summed E-state index contributed by atoms with van der Waals surface area (Å²) in [5, 5.41) is 0. The second-order valence-electron chi connectivity index (χ2n) is 6.60. The fourth-order valence-electron chi connectivity index (χ4n) is 3.72. The summed E-state index contributed by atoms with van der Waals surface area (Å²) in [6.07, 6.45) is 2.59. The van der Waals surface area contributed by atoms with Gasteiger partial charge in [-0.1, -0.05) is 30.3 Å². The molecule has 4 heteroatoms. The largest absolute Gasteiger partial charge is 0.372 e. The van der Waals surface area contributed by atoms with Gasteiger partial charge in [0, 0.05) is 19.1 Å². The summed E-state index contributed by atoms with van der Waals surface area (Å²) in [4.78, 5) is 17.0. The van der Waals surface area contributed by atoms with E-state index in [-0.39, 0.29) is 18.1 Å². The maximum atomic E-state index is 12.7. The topological polar surface area (TPSA) is 32.8 Å². The molecule has 2 saturated heterocycles. The maximum absolute atomic E-state index is 12.7. The highest BCUT2D eigenvalue weighted by molar-refractivity contribution is 5.78. The van der Waals surface area contributed by atoms with Crippen molar-refractivity contribution in [3.8, 4) is 0 Å². The number of carbonyl (C=O) groups is 1. The Hall–Kier alpha value is -1.39. The number of benzene rings is 1. The normalized spacial score (nSPS) is 29.7. The maximum Gasteiger partial charge on any atom is 0.236 e. The summed E-state index contributed by atoms with van der Waals surface area (Å²) in [5.74, 6) is 0.241. The molecule has 0 radical (unpaired) electrons. The highest BCUT2D eigenvalue weighted by atomic mass is 16.5. The van der Waals surface area contributed by atoms with Crippen molar-refractivity contribution in [2.75, 3.05) is 26.2 Å². The minimum absolute atomic E-state index is 0.135. The molecule has 22 heavy (non-hydrogen) atoms. The predicted octanol–water partition coefficient (Wildman–Crippen LogP) is 2.46.